The standard InChI is InChI=1S/C21H30N2O2/c24-20(6-7-20)15-23-10-8-21(9-11-23)13-17(14-25-21)22-19-12-18(19)16-4-2-1-3-5-16/h1-5,17-19,22,24H,6-15H2/t17?,18-,19+/m0/s1. The quantitative estimate of drug-likeness (QED) is 0.862. The van der Waals surface area contributed by atoms with Crippen LogP contribution < -0.4 is 5.32 Å². The predicted molar refractivity (Wildman–Crippen MR) is 97.7 cm³/mol. The first-order valence-corrected chi connectivity index (χ1v) is 10.0. The van der Waals surface area contributed by atoms with Crippen LogP contribution in [0.4, 0.5) is 0 Å². The Bertz CT molecular complexity index is 608. The van der Waals surface area contributed by atoms with Crippen LogP contribution >= 0.6 is 0 Å². The topological polar surface area (TPSA) is 44.7 Å². The van der Waals surface area contributed by atoms with Crippen LogP contribution in [0.2, 0.25) is 0 Å². The molecule has 5 rings (SSSR count). The maximum Gasteiger partial charge on any atom is 0.0776 e. The number of rotatable bonds is 5. The smallest absolute Gasteiger partial charge is 0.0776 e. The zero-order chi connectivity index (χ0) is 16.9. The molecule has 4 aliphatic rings. The first kappa shape index (κ1) is 16.2. The fourth-order valence-corrected chi connectivity index (χ4v) is 4.89. The van der Waals surface area contributed by atoms with Crippen LogP contribution in [0.25, 0.3) is 0 Å². The van der Waals surface area contributed by atoms with Crippen LogP contribution in [-0.2, 0) is 4.74 Å². The second kappa shape index (κ2) is 6.05. The maximum absolute atomic E-state index is 10.1. The number of hydrogen-bond donors (Lipinski definition) is 2. The molecule has 0 radical (unpaired) electrons. The van der Waals surface area contributed by atoms with Crippen molar-refractivity contribution in [3.8, 4) is 0 Å². The van der Waals surface area contributed by atoms with Gasteiger partial charge in [-0.2, -0.15) is 0 Å². The summed E-state index contributed by atoms with van der Waals surface area (Å²) in [6.45, 7) is 3.88. The molecule has 1 aromatic rings. The normalized spacial score (nSPS) is 35.8. The third kappa shape index (κ3) is 3.50. The third-order valence-electron chi connectivity index (χ3n) is 6.79. The highest BCUT2D eigenvalue weighted by atomic mass is 16.5. The molecule has 2 saturated carbocycles. The van der Waals surface area contributed by atoms with E-state index in [-0.39, 0.29) is 11.2 Å². The minimum Gasteiger partial charge on any atom is -0.389 e. The molecule has 3 atom stereocenters. The summed E-state index contributed by atoms with van der Waals surface area (Å²) in [7, 11) is 0. The van der Waals surface area contributed by atoms with Crippen LogP contribution in [-0.4, -0.2) is 59.5 Å². The molecule has 4 nitrogen and oxygen atoms in total. The highest BCUT2D eigenvalue weighted by Gasteiger charge is 2.48. The lowest BCUT2D eigenvalue weighted by Gasteiger charge is -2.39. The molecule has 1 aromatic carbocycles. The summed E-state index contributed by atoms with van der Waals surface area (Å²) < 4.78 is 6.31. The third-order valence-corrected chi connectivity index (χ3v) is 6.79. The van der Waals surface area contributed by atoms with Crippen LogP contribution in [0.15, 0.2) is 30.3 Å². The Morgan fingerprint density at radius 1 is 1.12 bits per heavy atom. The van der Waals surface area contributed by atoms with Gasteiger partial charge in [-0.15, -0.1) is 0 Å². The number of nitrogens with zero attached hydrogens (tertiary/aromatic N) is 1. The van der Waals surface area contributed by atoms with Crippen LogP contribution in [0.1, 0.15) is 50.0 Å². The summed E-state index contributed by atoms with van der Waals surface area (Å²) >= 11 is 0. The van der Waals surface area contributed by atoms with E-state index in [2.05, 4.69) is 40.5 Å². The monoisotopic (exact) mass is 342 g/mol. The molecule has 0 amide bonds. The number of ether oxygens (including phenoxy) is 1. The summed E-state index contributed by atoms with van der Waals surface area (Å²) in [4.78, 5) is 2.44. The zero-order valence-electron chi connectivity index (χ0n) is 15.0. The molecule has 4 fully saturated rings. The average Bonchev–Trinajstić information content (AvgIpc) is 3.52. The molecule has 2 N–H and O–H groups in total. The van der Waals surface area contributed by atoms with Crippen molar-refractivity contribution in [2.24, 2.45) is 0 Å². The Labute approximate surface area is 150 Å². The van der Waals surface area contributed by atoms with Gasteiger partial charge in [-0.1, -0.05) is 30.3 Å². The van der Waals surface area contributed by atoms with E-state index in [0.29, 0.717) is 18.0 Å². The van der Waals surface area contributed by atoms with E-state index in [0.717, 1.165) is 58.3 Å². The SMILES string of the molecule is OC1(CN2CCC3(CC2)CC(N[C@@H]2C[C@H]2c2ccccc2)CO3)CC1. The van der Waals surface area contributed by atoms with Gasteiger partial charge in [0.15, 0.2) is 0 Å². The van der Waals surface area contributed by atoms with Crippen molar-refractivity contribution in [3.05, 3.63) is 35.9 Å². The number of β-amino-alcohol motifs (C(OH)–C–C–N with tert-alkyl or cyclic N) is 1. The lowest BCUT2D eigenvalue weighted by molar-refractivity contribution is -0.0511. The Morgan fingerprint density at radius 3 is 2.60 bits per heavy atom. The summed E-state index contributed by atoms with van der Waals surface area (Å²) in [5, 5.41) is 14.0. The van der Waals surface area contributed by atoms with Crippen molar-refractivity contribution < 1.29 is 9.84 Å². The Morgan fingerprint density at radius 2 is 1.88 bits per heavy atom. The molecule has 4 heteroatoms. The van der Waals surface area contributed by atoms with E-state index in [4.69, 9.17) is 4.74 Å². The van der Waals surface area contributed by atoms with Crippen LogP contribution in [0.3, 0.4) is 0 Å². The van der Waals surface area contributed by atoms with Crippen LogP contribution in [0.5, 0.6) is 0 Å². The van der Waals surface area contributed by atoms with E-state index in [9.17, 15) is 5.11 Å². The van der Waals surface area contributed by atoms with Gasteiger partial charge in [0.25, 0.3) is 0 Å². The molecule has 25 heavy (non-hydrogen) atoms. The molecule has 0 aromatic heterocycles. The molecule has 2 aliphatic carbocycles. The minimum absolute atomic E-state index is 0.0947. The molecular weight excluding hydrogens is 312 g/mol. The van der Waals surface area contributed by atoms with Crippen molar-refractivity contribution in [1.29, 1.82) is 0 Å². The molecule has 0 bridgehead atoms. The molecule has 2 aliphatic heterocycles. The van der Waals surface area contributed by atoms with Crippen molar-refractivity contribution in [2.45, 2.75) is 67.7 Å². The lowest BCUT2D eigenvalue weighted by atomic mass is 9.87. The largest absolute Gasteiger partial charge is 0.389 e. The van der Waals surface area contributed by atoms with Crippen molar-refractivity contribution in [2.75, 3.05) is 26.2 Å². The van der Waals surface area contributed by atoms with Gasteiger partial charge in [0.05, 0.1) is 17.8 Å². The Kier molecular flexibility index (Phi) is 3.93. The average molecular weight is 342 g/mol. The van der Waals surface area contributed by atoms with E-state index < -0.39 is 0 Å². The first-order chi connectivity index (χ1) is 12.1. The number of piperidine rings is 1. The maximum atomic E-state index is 10.1. The molecule has 2 heterocycles. The number of benzene rings is 1. The summed E-state index contributed by atoms with van der Waals surface area (Å²) in [6, 6.07) is 12.0. The van der Waals surface area contributed by atoms with Gasteiger partial charge in [-0.05, 0) is 44.1 Å². The minimum atomic E-state index is -0.358. The first-order valence-electron chi connectivity index (χ1n) is 10.0. The fourth-order valence-electron chi connectivity index (χ4n) is 4.89. The van der Waals surface area contributed by atoms with Gasteiger partial charge in [0.1, 0.15) is 0 Å². The van der Waals surface area contributed by atoms with Gasteiger partial charge < -0.3 is 20.1 Å². The number of aliphatic hydroxyl groups is 1. The molecule has 136 valence electrons. The van der Waals surface area contributed by atoms with Gasteiger partial charge in [0.2, 0.25) is 0 Å². The highest BCUT2D eigenvalue weighted by molar-refractivity contribution is 5.27. The fraction of sp³-hybridized carbons (Fsp3) is 0.714. The van der Waals surface area contributed by atoms with Crippen LogP contribution in [0, 0.1) is 0 Å². The number of likely N-dealkylation sites (tertiary alicyclic amines) is 1. The Balaban J connectivity index is 1.10. The van der Waals surface area contributed by atoms with Crippen molar-refractivity contribution in [1.82, 2.24) is 10.2 Å². The van der Waals surface area contributed by atoms with Crippen molar-refractivity contribution in [3.63, 3.8) is 0 Å². The molecule has 1 spiro atoms. The molecule has 2 saturated heterocycles. The Hall–Kier alpha value is -0.940. The van der Waals surface area contributed by atoms with E-state index in [1.165, 1.54) is 12.0 Å². The lowest BCUT2D eigenvalue weighted by Crippen LogP contribution is -2.47. The summed E-state index contributed by atoms with van der Waals surface area (Å²) in [5.74, 6) is 0.693. The van der Waals surface area contributed by atoms with Gasteiger partial charge in [-0.3, -0.25) is 0 Å². The van der Waals surface area contributed by atoms with E-state index in [1.54, 1.807) is 0 Å². The second-order valence-electron chi connectivity index (χ2n) is 8.92. The molecule has 1 unspecified atom stereocenters. The zero-order valence-corrected chi connectivity index (χ0v) is 15.0. The van der Waals surface area contributed by atoms with E-state index >= 15 is 0 Å². The number of hydrogen-bond acceptors (Lipinski definition) is 4. The second-order valence-corrected chi connectivity index (χ2v) is 8.92. The predicted octanol–water partition coefficient (Wildman–Crippen LogP) is 2.28. The van der Waals surface area contributed by atoms with Gasteiger partial charge >= 0.3 is 0 Å². The molecular formula is C21H30N2O2. The summed E-state index contributed by atoms with van der Waals surface area (Å²) in [5.41, 5.74) is 1.21. The van der Waals surface area contributed by atoms with Gasteiger partial charge in [0, 0.05) is 37.6 Å². The van der Waals surface area contributed by atoms with E-state index in [1.807, 2.05) is 0 Å². The highest BCUT2D eigenvalue weighted by Crippen LogP contribution is 2.43. The van der Waals surface area contributed by atoms with Gasteiger partial charge in [-0.25, -0.2) is 0 Å². The van der Waals surface area contributed by atoms with Crippen molar-refractivity contribution >= 4 is 0 Å². The number of nitrogens with one attached hydrogen (secondary N) is 1. The summed E-state index contributed by atoms with van der Waals surface area (Å²) in [6.07, 6.45) is 6.63.